The molecule has 1 aromatic heterocycles. The van der Waals surface area contributed by atoms with Gasteiger partial charge >= 0.3 is 0 Å². The van der Waals surface area contributed by atoms with Gasteiger partial charge in [0.1, 0.15) is 0 Å². The SMILES string of the molecule is Cn1cnc(S(=O)(=O)N2CCCN(C(=O)c3ccc(F)c(F)c3)CC2)c1. The zero-order chi connectivity index (χ0) is 18.9. The quantitative estimate of drug-likeness (QED) is 0.798. The fourth-order valence-electron chi connectivity index (χ4n) is 2.80. The summed E-state index contributed by atoms with van der Waals surface area (Å²) in [5.41, 5.74) is 0.0323. The normalized spacial score (nSPS) is 16.5. The maximum atomic E-state index is 13.4. The summed E-state index contributed by atoms with van der Waals surface area (Å²) in [6.45, 7) is 0.838. The van der Waals surface area contributed by atoms with Crippen molar-refractivity contribution in [1.82, 2.24) is 18.8 Å². The molecule has 1 aromatic carbocycles. The molecule has 10 heteroatoms. The summed E-state index contributed by atoms with van der Waals surface area (Å²) in [5, 5.41) is -0.0413. The highest BCUT2D eigenvalue weighted by Gasteiger charge is 2.30. The number of benzene rings is 1. The van der Waals surface area contributed by atoms with Gasteiger partial charge in [-0.25, -0.2) is 22.2 Å². The van der Waals surface area contributed by atoms with Gasteiger partial charge in [-0.1, -0.05) is 0 Å². The van der Waals surface area contributed by atoms with Crippen LogP contribution in [0.2, 0.25) is 0 Å². The van der Waals surface area contributed by atoms with E-state index in [0.29, 0.717) is 13.0 Å². The molecule has 0 N–H and O–H groups in total. The number of hydrogen-bond acceptors (Lipinski definition) is 4. The van der Waals surface area contributed by atoms with E-state index in [1.54, 1.807) is 11.6 Å². The van der Waals surface area contributed by atoms with Crippen molar-refractivity contribution in [2.75, 3.05) is 26.2 Å². The highest BCUT2D eigenvalue weighted by Crippen LogP contribution is 2.17. The minimum absolute atomic E-state index is 0.0323. The first-order valence-corrected chi connectivity index (χ1v) is 9.45. The number of amides is 1. The number of carbonyl (C=O) groups excluding carboxylic acids is 1. The molecule has 2 heterocycles. The second-order valence-electron chi connectivity index (χ2n) is 6.06. The number of hydrogen-bond donors (Lipinski definition) is 0. The Labute approximate surface area is 149 Å². The maximum absolute atomic E-state index is 13.4. The predicted octanol–water partition coefficient (Wildman–Crippen LogP) is 1.24. The first-order chi connectivity index (χ1) is 12.3. The smallest absolute Gasteiger partial charge is 0.262 e. The third-order valence-electron chi connectivity index (χ3n) is 4.19. The maximum Gasteiger partial charge on any atom is 0.262 e. The molecule has 7 nitrogen and oxygen atoms in total. The number of halogens is 2. The molecule has 26 heavy (non-hydrogen) atoms. The van der Waals surface area contributed by atoms with Crippen molar-refractivity contribution >= 4 is 15.9 Å². The van der Waals surface area contributed by atoms with Crippen molar-refractivity contribution in [1.29, 1.82) is 0 Å². The van der Waals surface area contributed by atoms with E-state index < -0.39 is 27.6 Å². The fraction of sp³-hybridized carbons (Fsp3) is 0.375. The minimum atomic E-state index is -3.74. The molecule has 0 atom stereocenters. The molecule has 1 aliphatic rings. The van der Waals surface area contributed by atoms with Crippen LogP contribution < -0.4 is 0 Å². The van der Waals surface area contributed by atoms with Crippen LogP contribution in [0.4, 0.5) is 8.78 Å². The van der Waals surface area contributed by atoms with Crippen LogP contribution in [0.1, 0.15) is 16.8 Å². The number of nitrogens with zero attached hydrogens (tertiary/aromatic N) is 4. The van der Waals surface area contributed by atoms with E-state index in [9.17, 15) is 22.0 Å². The average Bonchev–Trinajstić information content (AvgIpc) is 2.90. The summed E-state index contributed by atoms with van der Waals surface area (Å²) < 4.78 is 54.5. The molecule has 1 saturated heterocycles. The largest absolute Gasteiger partial charge is 0.339 e. The zero-order valence-corrected chi connectivity index (χ0v) is 14.9. The standard InChI is InChI=1S/C16H18F2N4O3S/c1-20-10-15(19-11-20)26(24,25)22-6-2-5-21(7-8-22)16(23)12-3-4-13(17)14(18)9-12/h3-4,9-11H,2,5-8H2,1H3. The molecule has 0 unspecified atom stereocenters. The topological polar surface area (TPSA) is 75.5 Å². The Kier molecular flexibility index (Phi) is 5.05. The number of rotatable bonds is 3. The summed E-state index contributed by atoms with van der Waals surface area (Å²) in [5.74, 6) is -2.57. The molecular weight excluding hydrogens is 366 g/mol. The molecule has 1 fully saturated rings. The van der Waals surface area contributed by atoms with Crippen LogP contribution in [0.25, 0.3) is 0 Å². The van der Waals surface area contributed by atoms with Crippen molar-refractivity contribution in [3.05, 3.63) is 47.9 Å². The first kappa shape index (κ1) is 18.5. The van der Waals surface area contributed by atoms with Gasteiger partial charge in [-0.15, -0.1) is 0 Å². The molecule has 1 amide bonds. The Morgan fingerprint density at radius 2 is 1.88 bits per heavy atom. The van der Waals surface area contributed by atoms with Gasteiger partial charge in [-0.05, 0) is 24.6 Å². The lowest BCUT2D eigenvalue weighted by Gasteiger charge is -2.21. The Bertz CT molecular complexity index is 929. The molecule has 1 aliphatic heterocycles. The van der Waals surface area contributed by atoms with Gasteiger partial charge in [-0.3, -0.25) is 4.79 Å². The molecular formula is C16H18F2N4O3S. The lowest BCUT2D eigenvalue weighted by molar-refractivity contribution is 0.0763. The van der Waals surface area contributed by atoms with E-state index in [-0.39, 0.29) is 30.2 Å². The summed E-state index contributed by atoms with van der Waals surface area (Å²) in [6, 6.07) is 2.97. The molecule has 0 aliphatic carbocycles. The van der Waals surface area contributed by atoms with Crippen molar-refractivity contribution < 1.29 is 22.0 Å². The lowest BCUT2D eigenvalue weighted by atomic mass is 10.2. The van der Waals surface area contributed by atoms with E-state index in [4.69, 9.17) is 0 Å². The van der Waals surface area contributed by atoms with Gasteiger partial charge in [0.15, 0.2) is 16.7 Å². The molecule has 3 rings (SSSR count). The molecule has 0 radical (unpaired) electrons. The van der Waals surface area contributed by atoms with Gasteiger partial charge in [0.05, 0.1) is 6.33 Å². The van der Waals surface area contributed by atoms with Crippen LogP contribution in [0.5, 0.6) is 0 Å². The van der Waals surface area contributed by atoms with E-state index in [2.05, 4.69) is 4.98 Å². The number of sulfonamides is 1. The van der Waals surface area contributed by atoms with Crippen molar-refractivity contribution in [2.45, 2.75) is 11.4 Å². The molecule has 0 spiro atoms. The number of imidazole rings is 1. The van der Waals surface area contributed by atoms with E-state index in [0.717, 1.165) is 12.1 Å². The lowest BCUT2D eigenvalue weighted by Crippen LogP contribution is -2.37. The molecule has 0 bridgehead atoms. The summed E-state index contributed by atoms with van der Waals surface area (Å²) in [6.07, 6.45) is 3.26. The van der Waals surface area contributed by atoms with Crippen molar-refractivity contribution in [3.8, 4) is 0 Å². The summed E-state index contributed by atoms with van der Waals surface area (Å²) in [4.78, 5) is 17.8. The van der Waals surface area contributed by atoms with Crippen LogP contribution >= 0.6 is 0 Å². The highest BCUT2D eigenvalue weighted by atomic mass is 32.2. The van der Waals surface area contributed by atoms with Crippen LogP contribution in [-0.4, -0.2) is 59.3 Å². The summed E-state index contributed by atoms with van der Waals surface area (Å²) in [7, 11) is -2.06. The Morgan fingerprint density at radius 1 is 1.12 bits per heavy atom. The number of aromatic nitrogens is 2. The van der Waals surface area contributed by atoms with E-state index in [1.165, 1.54) is 27.8 Å². The zero-order valence-electron chi connectivity index (χ0n) is 14.1. The average molecular weight is 384 g/mol. The van der Waals surface area contributed by atoms with Gasteiger partial charge in [0.25, 0.3) is 15.9 Å². The summed E-state index contributed by atoms with van der Waals surface area (Å²) >= 11 is 0. The highest BCUT2D eigenvalue weighted by molar-refractivity contribution is 7.89. The Hall–Kier alpha value is -2.33. The Morgan fingerprint density at radius 3 is 2.54 bits per heavy atom. The van der Waals surface area contributed by atoms with Gasteiger partial charge < -0.3 is 9.47 Å². The van der Waals surface area contributed by atoms with Gasteiger partial charge in [0, 0.05) is 45.0 Å². The minimum Gasteiger partial charge on any atom is -0.339 e. The Balaban J connectivity index is 1.73. The molecule has 140 valence electrons. The van der Waals surface area contributed by atoms with E-state index >= 15 is 0 Å². The van der Waals surface area contributed by atoms with Gasteiger partial charge in [-0.2, -0.15) is 4.31 Å². The first-order valence-electron chi connectivity index (χ1n) is 8.01. The monoisotopic (exact) mass is 384 g/mol. The van der Waals surface area contributed by atoms with Crippen LogP contribution in [0.15, 0.2) is 35.7 Å². The second kappa shape index (κ2) is 7.12. The molecule has 0 saturated carbocycles. The predicted molar refractivity (Wildman–Crippen MR) is 88.8 cm³/mol. The molecule has 2 aromatic rings. The third kappa shape index (κ3) is 3.61. The fourth-order valence-corrected chi connectivity index (χ4v) is 4.24. The van der Waals surface area contributed by atoms with Gasteiger partial charge in [0.2, 0.25) is 0 Å². The van der Waals surface area contributed by atoms with Crippen molar-refractivity contribution in [3.63, 3.8) is 0 Å². The van der Waals surface area contributed by atoms with Crippen LogP contribution in [0, 0.1) is 11.6 Å². The van der Waals surface area contributed by atoms with Crippen LogP contribution in [-0.2, 0) is 17.1 Å². The van der Waals surface area contributed by atoms with E-state index in [1.807, 2.05) is 0 Å². The van der Waals surface area contributed by atoms with Crippen molar-refractivity contribution in [2.24, 2.45) is 7.05 Å². The number of carbonyl (C=O) groups is 1. The number of aryl methyl sites for hydroxylation is 1. The second-order valence-corrected chi connectivity index (χ2v) is 7.94. The van der Waals surface area contributed by atoms with Crippen LogP contribution in [0.3, 0.4) is 0 Å². The third-order valence-corrected chi connectivity index (χ3v) is 5.98.